The summed E-state index contributed by atoms with van der Waals surface area (Å²) in [5, 5.41) is 12.2. The van der Waals surface area contributed by atoms with Crippen LogP contribution in [0.25, 0.3) is 0 Å². The van der Waals surface area contributed by atoms with E-state index in [1.807, 2.05) is 6.92 Å². The predicted octanol–water partition coefficient (Wildman–Crippen LogP) is 1.70. The van der Waals surface area contributed by atoms with E-state index in [9.17, 15) is 14.7 Å². The Morgan fingerprint density at radius 3 is 2.57 bits per heavy atom. The third-order valence-electron chi connectivity index (χ3n) is 4.72. The van der Waals surface area contributed by atoms with Crippen LogP contribution in [0.5, 0.6) is 0 Å². The van der Waals surface area contributed by atoms with Crippen molar-refractivity contribution in [3.63, 3.8) is 0 Å². The van der Waals surface area contributed by atoms with Gasteiger partial charge in [-0.05, 0) is 31.6 Å². The first-order chi connectivity index (χ1) is 10.0. The van der Waals surface area contributed by atoms with Crippen LogP contribution in [0.1, 0.15) is 39.5 Å². The van der Waals surface area contributed by atoms with Gasteiger partial charge in [-0.3, -0.25) is 4.79 Å². The van der Waals surface area contributed by atoms with Gasteiger partial charge in [0.15, 0.2) is 0 Å². The van der Waals surface area contributed by atoms with E-state index in [1.54, 1.807) is 4.90 Å². The second-order valence-corrected chi connectivity index (χ2v) is 6.24. The Morgan fingerprint density at radius 1 is 1.33 bits per heavy atom. The summed E-state index contributed by atoms with van der Waals surface area (Å²) in [6, 6.07) is -0.532. The Hall–Kier alpha value is -1.30. The number of carbonyl (C=O) groups excluding carboxylic acids is 1. The van der Waals surface area contributed by atoms with Crippen molar-refractivity contribution in [1.29, 1.82) is 0 Å². The van der Waals surface area contributed by atoms with Crippen molar-refractivity contribution >= 4 is 12.0 Å². The highest BCUT2D eigenvalue weighted by atomic mass is 16.5. The number of nitrogens with zero attached hydrogens (tertiary/aromatic N) is 1. The number of likely N-dealkylation sites (N-methyl/N-ethyl adjacent to an activating group) is 1. The third kappa shape index (κ3) is 3.67. The molecule has 2 unspecified atom stereocenters. The molecular formula is C15H26N2O4. The van der Waals surface area contributed by atoms with E-state index in [-0.39, 0.29) is 18.7 Å². The lowest BCUT2D eigenvalue weighted by atomic mass is 10.0. The normalized spacial score (nSPS) is 26.4. The second-order valence-electron chi connectivity index (χ2n) is 6.24. The standard InChI is InChI=1S/C15H26N2O4/c1-3-5-15(6-7-15)10-16-14(20)17(4-2)12-9-21-8-11(12)13(18)19/h11-12H,3-10H2,1-2H3,(H,16,20)(H,18,19). The number of hydrogen-bond acceptors (Lipinski definition) is 3. The van der Waals surface area contributed by atoms with Gasteiger partial charge in [-0.15, -0.1) is 0 Å². The van der Waals surface area contributed by atoms with Crippen molar-refractivity contribution in [2.24, 2.45) is 11.3 Å². The first-order valence-corrected chi connectivity index (χ1v) is 7.88. The lowest BCUT2D eigenvalue weighted by Gasteiger charge is -2.30. The minimum absolute atomic E-state index is 0.165. The summed E-state index contributed by atoms with van der Waals surface area (Å²) < 4.78 is 5.26. The van der Waals surface area contributed by atoms with Crippen molar-refractivity contribution in [2.45, 2.75) is 45.6 Å². The number of nitrogens with one attached hydrogen (secondary N) is 1. The maximum atomic E-state index is 12.4. The molecule has 2 aliphatic rings. The summed E-state index contributed by atoms with van der Waals surface area (Å²) in [5.41, 5.74) is 0.294. The van der Waals surface area contributed by atoms with Crippen LogP contribution in [0.2, 0.25) is 0 Å². The highest BCUT2D eigenvalue weighted by Crippen LogP contribution is 2.48. The molecule has 1 heterocycles. The summed E-state index contributed by atoms with van der Waals surface area (Å²) in [7, 11) is 0. The molecule has 2 rings (SSSR count). The molecule has 2 fully saturated rings. The number of aliphatic carboxylic acids is 1. The largest absolute Gasteiger partial charge is 0.481 e. The molecule has 6 heteroatoms. The fraction of sp³-hybridized carbons (Fsp3) is 0.867. The molecule has 0 aromatic carbocycles. The zero-order chi connectivity index (χ0) is 15.5. The van der Waals surface area contributed by atoms with Crippen molar-refractivity contribution < 1.29 is 19.4 Å². The van der Waals surface area contributed by atoms with Crippen LogP contribution in [0.15, 0.2) is 0 Å². The van der Waals surface area contributed by atoms with Crippen LogP contribution in [0, 0.1) is 11.3 Å². The molecule has 0 radical (unpaired) electrons. The Labute approximate surface area is 125 Å². The minimum Gasteiger partial charge on any atom is -0.481 e. The number of amides is 2. The zero-order valence-corrected chi connectivity index (χ0v) is 12.9. The van der Waals surface area contributed by atoms with E-state index in [0.29, 0.717) is 25.1 Å². The molecule has 0 bridgehead atoms. The number of urea groups is 1. The minimum atomic E-state index is -0.895. The fourth-order valence-electron chi connectivity index (χ4n) is 3.20. The molecule has 1 aliphatic heterocycles. The van der Waals surface area contributed by atoms with Gasteiger partial charge in [0.25, 0.3) is 0 Å². The van der Waals surface area contributed by atoms with Crippen molar-refractivity contribution in [1.82, 2.24) is 10.2 Å². The van der Waals surface area contributed by atoms with E-state index in [4.69, 9.17) is 4.74 Å². The fourth-order valence-corrected chi connectivity index (χ4v) is 3.20. The number of hydrogen-bond donors (Lipinski definition) is 2. The van der Waals surface area contributed by atoms with E-state index in [2.05, 4.69) is 12.2 Å². The van der Waals surface area contributed by atoms with Gasteiger partial charge in [0.2, 0.25) is 0 Å². The monoisotopic (exact) mass is 298 g/mol. The molecule has 1 aliphatic carbocycles. The third-order valence-corrected chi connectivity index (χ3v) is 4.72. The van der Waals surface area contributed by atoms with Crippen molar-refractivity contribution in [2.75, 3.05) is 26.3 Å². The van der Waals surface area contributed by atoms with Gasteiger partial charge in [-0.25, -0.2) is 4.79 Å². The first kappa shape index (κ1) is 16.1. The zero-order valence-electron chi connectivity index (χ0n) is 12.9. The van der Waals surface area contributed by atoms with Gasteiger partial charge in [0.1, 0.15) is 5.92 Å². The van der Waals surface area contributed by atoms with Crippen LogP contribution in [0.3, 0.4) is 0 Å². The van der Waals surface area contributed by atoms with Crippen LogP contribution in [0.4, 0.5) is 4.79 Å². The Balaban J connectivity index is 1.91. The smallest absolute Gasteiger partial charge is 0.317 e. The maximum Gasteiger partial charge on any atom is 0.317 e. The van der Waals surface area contributed by atoms with Gasteiger partial charge < -0.3 is 20.1 Å². The number of carboxylic acid groups (broad SMARTS) is 1. The topological polar surface area (TPSA) is 78.9 Å². The van der Waals surface area contributed by atoms with Crippen molar-refractivity contribution in [3.05, 3.63) is 0 Å². The Bertz CT molecular complexity index is 395. The molecule has 2 atom stereocenters. The van der Waals surface area contributed by atoms with E-state index < -0.39 is 11.9 Å². The highest BCUT2D eigenvalue weighted by molar-refractivity contribution is 5.77. The summed E-state index contributed by atoms with van der Waals surface area (Å²) >= 11 is 0. The summed E-state index contributed by atoms with van der Waals surface area (Å²) in [5.74, 6) is -1.52. The average Bonchev–Trinajstić information content (AvgIpc) is 3.03. The molecule has 1 saturated carbocycles. The number of rotatable bonds is 7. The van der Waals surface area contributed by atoms with Gasteiger partial charge in [0, 0.05) is 13.1 Å². The lowest BCUT2D eigenvalue weighted by molar-refractivity contribution is -0.142. The maximum absolute atomic E-state index is 12.4. The summed E-state index contributed by atoms with van der Waals surface area (Å²) in [6.07, 6.45) is 4.63. The van der Waals surface area contributed by atoms with Crippen LogP contribution >= 0.6 is 0 Å². The molecular weight excluding hydrogens is 272 g/mol. The van der Waals surface area contributed by atoms with Gasteiger partial charge in [0.05, 0.1) is 19.3 Å². The number of carboxylic acids is 1. The van der Waals surface area contributed by atoms with Crippen LogP contribution < -0.4 is 5.32 Å². The molecule has 2 N–H and O–H groups in total. The number of ether oxygens (including phenoxy) is 1. The van der Waals surface area contributed by atoms with Crippen LogP contribution in [-0.4, -0.2) is 54.4 Å². The molecule has 0 aromatic heterocycles. The molecule has 0 spiro atoms. The quantitative estimate of drug-likeness (QED) is 0.750. The Morgan fingerprint density at radius 2 is 2.05 bits per heavy atom. The predicted molar refractivity (Wildman–Crippen MR) is 78.1 cm³/mol. The second kappa shape index (κ2) is 6.64. The first-order valence-electron chi connectivity index (χ1n) is 7.88. The average molecular weight is 298 g/mol. The molecule has 21 heavy (non-hydrogen) atoms. The van der Waals surface area contributed by atoms with Crippen molar-refractivity contribution in [3.8, 4) is 0 Å². The molecule has 1 saturated heterocycles. The van der Waals surface area contributed by atoms with E-state index >= 15 is 0 Å². The molecule has 2 amide bonds. The summed E-state index contributed by atoms with van der Waals surface area (Å²) in [4.78, 5) is 25.2. The Kier molecular flexibility index (Phi) is 5.08. The van der Waals surface area contributed by atoms with Crippen LogP contribution in [-0.2, 0) is 9.53 Å². The molecule has 6 nitrogen and oxygen atoms in total. The van der Waals surface area contributed by atoms with E-state index in [1.165, 1.54) is 12.8 Å². The molecule has 0 aromatic rings. The van der Waals surface area contributed by atoms with Gasteiger partial charge in [-0.2, -0.15) is 0 Å². The summed E-state index contributed by atoms with van der Waals surface area (Å²) in [6.45, 7) is 5.71. The van der Waals surface area contributed by atoms with E-state index in [0.717, 1.165) is 12.8 Å². The number of carbonyl (C=O) groups is 2. The van der Waals surface area contributed by atoms with Gasteiger partial charge in [-0.1, -0.05) is 13.3 Å². The van der Waals surface area contributed by atoms with Gasteiger partial charge >= 0.3 is 12.0 Å². The molecule has 120 valence electrons. The lowest BCUT2D eigenvalue weighted by Crippen LogP contribution is -2.51. The SMILES string of the molecule is CCCC1(CNC(=O)N(CC)C2COCC2C(=O)O)CC1. The highest BCUT2D eigenvalue weighted by Gasteiger charge is 2.43.